The molecule has 2 atom stereocenters. The zero-order chi connectivity index (χ0) is 28.0. The molecular formula is C26H26ClF4N3O4. The highest BCUT2D eigenvalue weighted by Gasteiger charge is 2.35. The highest BCUT2D eigenvalue weighted by atomic mass is 35.5. The fourth-order valence-corrected chi connectivity index (χ4v) is 4.28. The number of nitrogens with zero attached hydrogens (tertiary/aromatic N) is 2. The van der Waals surface area contributed by atoms with E-state index >= 15 is 0 Å². The third kappa shape index (κ3) is 7.78. The van der Waals surface area contributed by atoms with E-state index in [1.807, 2.05) is 11.8 Å². The summed E-state index contributed by atoms with van der Waals surface area (Å²) in [4.78, 5) is 40.0. The van der Waals surface area contributed by atoms with Gasteiger partial charge in [0.25, 0.3) is 0 Å². The van der Waals surface area contributed by atoms with Crippen molar-refractivity contribution in [1.29, 1.82) is 0 Å². The summed E-state index contributed by atoms with van der Waals surface area (Å²) >= 11 is 6.00. The van der Waals surface area contributed by atoms with Crippen molar-refractivity contribution in [2.75, 3.05) is 26.2 Å². The van der Waals surface area contributed by atoms with Crippen LogP contribution in [-0.2, 0) is 20.6 Å². The lowest BCUT2D eigenvalue weighted by molar-refractivity contribution is -0.141. The maximum absolute atomic E-state index is 14.0. The number of aliphatic carboxylic acids is 1. The Morgan fingerprint density at radius 2 is 1.82 bits per heavy atom. The number of alkyl halides is 3. The Morgan fingerprint density at radius 3 is 2.42 bits per heavy atom. The molecule has 2 amide bonds. The molecule has 2 N–H and O–H groups in total. The number of carboxylic acids is 1. The fraction of sp³-hybridized carbons (Fsp3) is 0.346. The summed E-state index contributed by atoms with van der Waals surface area (Å²) in [5.74, 6) is -3.18. The normalized spacial score (nSPS) is 18.5. The minimum absolute atomic E-state index is 0.0481. The quantitative estimate of drug-likeness (QED) is 0.373. The molecule has 2 aromatic rings. The number of benzene rings is 2. The van der Waals surface area contributed by atoms with Gasteiger partial charge in [0, 0.05) is 42.3 Å². The summed E-state index contributed by atoms with van der Waals surface area (Å²) in [5.41, 5.74) is -0.567. The van der Waals surface area contributed by atoms with Crippen molar-refractivity contribution in [2.24, 2.45) is 0 Å². The predicted octanol–water partition coefficient (Wildman–Crippen LogP) is 4.38. The molecule has 3 rings (SSSR count). The van der Waals surface area contributed by atoms with Crippen molar-refractivity contribution in [3.63, 3.8) is 0 Å². The van der Waals surface area contributed by atoms with Crippen LogP contribution in [0.4, 0.5) is 17.6 Å². The summed E-state index contributed by atoms with van der Waals surface area (Å²) in [6.45, 7) is 2.48. The molecule has 7 nitrogen and oxygen atoms in total. The van der Waals surface area contributed by atoms with E-state index in [1.165, 1.54) is 0 Å². The number of carbonyl (C=O) groups is 3. The van der Waals surface area contributed by atoms with Crippen molar-refractivity contribution in [3.8, 4) is 0 Å². The number of carboxylic acid groups (broad SMARTS) is 1. The fourth-order valence-electron chi connectivity index (χ4n) is 4.15. The van der Waals surface area contributed by atoms with Gasteiger partial charge in [-0.2, -0.15) is 13.2 Å². The molecule has 204 valence electrons. The minimum atomic E-state index is -4.69. The van der Waals surface area contributed by atoms with Crippen LogP contribution in [0, 0.1) is 5.82 Å². The van der Waals surface area contributed by atoms with Crippen molar-refractivity contribution >= 4 is 35.5 Å². The largest absolute Gasteiger partial charge is 0.481 e. The first-order chi connectivity index (χ1) is 17.8. The van der Waals surface area contributed by atoms with E-state index in [1.54, 1.807) is 29.2 Å². The van der Waals surface area contributed by atoms with Gasteiger partial charge in [-0.1, -0.05) is 29.8 Å². The Kier molecular flexibility index (Phi) is 9.50. The van der Waals surface area contributed by atoms with E-state index < -0.39 is 41.4 Å². The first-order valence-electron chi connectivity index (χ1n) is 11.7. The van der Waals surface area contributed by atoms with E-state index in [0.29, 0.717) is 30.2 Å². The maximum atomic E-state index is 14.0. The number of halogens is 5. The molecular weight excluding hydrogens is 530 g/mol. The van der Waals surface area contributed by atoms with Crippen LogP contribution in [0.5, 0.6) is 0 Å². The van der Waals surface area contributed by atoms with Gasteiger partial charge in [-0.3, -0.25) is 19.3 Å². The Labute approximate surface area is 221 Å². The molecule has 1 heterocycles. The average Bonchev–Trinajstić information content (AvgIpc) is 2.85. The molecule has 1 fully saturated rings. The first-order valence-corrected chi connectivity index (χ1v) is 12.1. The molecule has 0 aromatic heterocycles. The highest BCUT2D eigenvalue weighted by molar-refractivity contribution is 6.30. The van der Waals surface area contributed by atoms with Gasteiger partial charge in [0.05, 0.1) is 24.6 Å². The summed E-state index contributed by atoms with van der Waals surface area (Å²) in [7, 11) is 0. The van der Waals surface area contributed by atoms with Crippen molar-refractivity contribution in [3.05, 3.63) is 76.1 Å². The van der Waals surface area contributed by atoms with Gasteiger partial charge in [0.1, 0.15) is 5.82 Å². The van der Waals surface area contributed by atoms with E-state index in [4.69, 9.17) is 16.7 Å². The van der Waals surface area contributed by atoms with Crippen LogP contribution < -0.4 is 5.32 Å². The SMILES string of the molecule is C[C@@H]1CN(C(=O)CNC(=O)/C=C/c2ccc(C(F)(F)F)cc2F)[C@@H](c2ccc(Cl)cc2)CN1CCC(=O)O. The van der Waals surface area contributed by atoms with Crippen LogP contribution in [-0.4, -0.2) is 64.9 Å². The van der Waals surface area contributed by atoms with Gasteiger partial charge >= 0.3 is 12.1 Å². The molecule has 1 aliphatic heterocycles. The van der Waals surface area contributed by atoms with Crippen molar-refractivity contribution in [2.45, 2.75) is 31.6 Å². The molecule has 2 aromatic carbocycles. The lowest BCUT2D eigenvalue weighted by atomic mass is 9.99. The van der Waals surface area contributed by atoms with E-state index in [9.17, 15) is 31.9 Å². The molecule has 38 heavy (non-hydrogen) atoms. The van der Waals surface area contributed by atoms with E-state index in [2.05, 4.69) is 5.32 Å². The zero-order valence-corrected chi connectivity index (χ0v) is 21.1. The molecule has 0 bridgehead atoms. The van der Waals surface area contributed by atoms with Crippen LogP contribution in [0.1, 0.15) is 36.1 Å². The van der Waals surface area contributed by atoms with Gasteiger partial charge < -0.3 is 15.3 Å². The minimum Gasteiger partial charge on any atom is -0.481 e. The van der Waals surface area contributed by atoms with Gasteiger partial charge in [-0.25, -0.2) is 4.39 Å². The van der Waals surface area contributed by atoms with Gasteiger partial charge in [-0.05, 0) is 42.8 Å². The third-order valence-electron chi connectivity index (χ3n) is 6.21. The molecule has 0 unspecified atom stereocenters. The van der Waals surface area contributed by atoms with Crippen LogP contribution in [0.2, 0.25) is 5.02 Å². The number of amides is 2. The maximum Gasteiger partial charge on any atom is 0.416 e. The second-order valence-corrected chi connectivity index (χ2v) is 9.32. The average molecular weight is 556 g/mol. The molecule has 0 aliphatic carbocycles. The molecule has 0 spiro atoms. The topological polar surface area (TPSA) is 90.0 Å². The Bertz CT molecular complexity index is 1200. The van der Waals surface area contributed by atoms with Gasteiger partial charge in [0.2, 0.25) is 11.8 Å². The van der Waals surface area contributed by atoms with Gasteiger partial charge in [0.15, 0.2) is 0 Å². The molecule has 12 heteroatoms. The summed E-state index contributed by atoms with van der Waals surface area (Å²) in [6.07, 6.45) is -2.78. The Morgan fingerprint density at radius 1 is 1.13 bits per heavy atom. The van der Waals surface area contributed by atoms with Crippen LogP contribution >= 0.6 is 11.6 Å². The molecule has 1 aliphatic rings. The van der Waals surface area contributed by atoms with Crippen molar-refractivity contribution in [1.82, 2.24) is 15.1 Å². The van der Waals surface area contributed by atoms with Crippen LogP contribution in [0.15, 0.2) is 48.5 Å². The number of piperazine rings is 1. The summed E-state index contributed by atoms with van der Waals surface area (Å²) in [6, 6.07) is 8.33. The second-order valence-electron chi connectivity index (χ2n) is 8.89. The monoisotopic (exact) mass is 555 g/mol. The Balaban J connectivity index is 1.67. The second kappa shape index (κ2) is 12.4. The smallest absolute Gasteiger partial charge is 0.416 e. The molecule has 1 saturated heterocycles. The van der Waals surface area contributed by atoms with Crippen molar-refractivity contribution < 1.29 is 37.1 Å². The summed E-state index contributed by atoms with van der Waals surface area (Å²) in [5, 5.41) is 12.0. The number of nitrogens with one attached hydrogen (secondary N) is 1. The lowest BCUT2D eigenvalue weighted by Gasteiger charge is -2.45. The zero-order valence-electron chi connectivity index (χ0n) is 20.3. The first kappa shape index (κ1) is 29.1. The molecule has 0 radical (unpaired) electrons. The third-order valence-corrected chi connectivity index (χ3v) is 6.46. The highest BCUT2D eigenvalue weighted by Crippen LogP contribution is 2.31. The van der Waals surface area contributed by atoms with Gasteiger partial charge in [-0.15, -0.1) is 0 Å². The van der Waals surface area contributed by atoms with E-state index in [0.717, 1.165) is 23.8 Å². The number of hydrogen-bond donors (Lipinski definition) is 2. The standard InChI is InChI=1S/C26H26ClF4N3O4/c1-16-14-34(22(15-33(16)11-10-25(37)38)18-3-7-20(27)8-4-18)24(36)13-32-23(35)9-5-17-2-6-19(12-21(17)28)26(29,30)31/h2-9,12,16,22H,10-11,13-15H2,1H3,(H,32,35)(H,37,38)/b9-5+/t16-,22-/m1/s1. The number of carbonyl (C=O) groups excluding carboxylic acids is 2. The number of hydrogen-bond acceptors (Lipinski definition) is 4. The lowest BCUT2D eigenvalue weighted by Crippen LogP contribution is -2.56. The van der Waals surface area contributed by atoms with Crippen LogP contribution in [0.25, 0.3) is 6.08 Å². The predicted molar refractivity (Wildman–Crippen MR) is 133 cm³/mol. The molecule has 0 saturated carbocycles. The van der Waals surface area contributed by atoms with E-state index in [-0.39, 0.29) is 31.1 Å². The number of rotatable bonds is 8. The Hall–Kier alpha value is -3.44. The summed E-state index contributed by atoms with van der Waals surface area (Å²) < 4.78 is 52.1. The van der Waals surface area contributed by atoms with Crippen LogP contribution in [0.3, 0.4) is 0 Å².